The molecule has 3 aromatic rings. The van der Waals surface area contributed by atoms with Crippen molar-refractivity contribution >= 4 is 23.2 Å². The summed E-state index contributed by atoms with van der Waals surface area (Å²) in [4.78, 5) is 29.0. The molecule has 0 aliphatic carbocycles. The molecule has 2 heterocycles. The Bertz CT molecular complexity index is 986. The van der Waals surface area contributed by atoms with Crippen LogP contribution in [0.3, 0.4) is 0 Å². The number of hydrogen-bond acceptors (Lipinski definition) is 4. The molecule has 1 atom stereocenters. The second kappa shape index (κ2) is 7.36. The van der Waals surface area contributed by atoms with Crippen LogP contribution in [-0.2, 0) is 4.79 Å². The van der Waals surface area contributed by atoms with Gasteiger partial charge in [-0.3, -0.25) is 9.36 Å². The number of aliphatic carboxylic acids is 1. The number of carbonyl (C=O) groups excluding carboxylic acids is 1. The molecular weight excluding hydrogens is 362 g/mol. The number of aryl methyl sites for hydroxylation is 3. The van der Waals surface area contributed by atoms with Gasteiger partial charge in [0.15, 0.2) is 11.2 Å². The molecule has 0 saturated carbocycles. The fraction of sp³-hybridized carbons (Fsp3) is 0.250. The number of nitrogens with one attached hydrogen (secondary N) is 1. The van der Waals surface area contributed by atoms with E-state index < -0.39 is 17.9 Å². The first-order valence-electron chi connectivity index (χ1n) is 8.48. The average molecular weight is 383 g/mol. The van der Waals surface area contributed by atoms with Gasteiger partial charge in [-0.1, -0.05) is 29.3 Å². The lowest BCUT2D eigenvalue weighted by atomic mass is 10.0. The topological polar surface area (TPSA) is 84.2 Å². The van der Waals surface area contributed by atoms with Crippen LogP contribution in [0.4, 0.5) is 0 Å². The van der Waals surface area contributed by atoms with Crippen molar-refractivity contribution in [2.45, 2.75) is 33.7 Å². The Labute approximate surface area is 161 Å². The van der Waals surface area contributed by atoms with Crippen LogP contribution >= 0.6 is 11.3 Å². The molecule has 3 rings (SSSR count). The van der Waals surface area contributed by atoms with E-state index in [4.69, 9.17) is 0 Å². The minimum atomic E-state index is -1.11. The van der Waals surface area contributed by atoms with Crippen molar-refractivity contribution in [2.75, 3.05) is 0 Å². The first kappa shape index (κ1) is 18.8. The van der Waals surface area contributed by atoms with Crippen molar-refractivity contribution in [3.8, 4) is 5.13 Å². The van der Waals surface area contributed by atoms with E-state index >= 15 is 0 Å². The normalized spacial score (nSPS) is 12.0. The van der Waals surface area contributed by atoms with Crippen molar-refractivity contribution in [1.29, 1.82) is 0 Å². The van der Waals surface area contributed by atoms with E-state index in [1.165, 1.54) is 11.3 Å². The van der Waals surface area contributed by atoms with Gasteiger partial charge in [0.25, 0.3) is 5.91 Å². The van der Waals surface area contributed by atoms with Crippen LogP contribution in [0.1, 0.15) is 44.5 Å². The molecule has 1 aromatic carbocycles. The Balaban J connectivity index is 1.93. The van der Waals surface area contributed by atoms with Crippen molar-refractivity contribution in [3.63, 3.8) is 0 Å². The Hall–Kier alpha value is -2.93. The molecular formula is C20H21N3O3S. The predicted molar refractivity (Wildman–Crippen MR) is 105 cm³/mol. The summed E-state index contributed by atoms with van der Waals surface area (Å²) in [6, 6.07) is 6.17. The third-order valence-corrected chi connectivity index (χ3v) is 5.14. The van der Waals surface area contributed by atoms with Crippen LogP contribution in [0.15, 0.2) is 35.8 Å². The minimum Gasteiger partial charge on any atom is -0.479 e. The summed E-state index contributed by atoms with van der Waals surface area (Å²) in [6.45, 7) is 7.53. The first-order chi connectivity index (χ1) is 12.8. The number of benzene rings is 1. The number of hydrogen-bond donors (Lipinski definition) is 2. The van der Waals surface area contributed by atoms with Gasteiger partial charge in [0, 0.05) is 23.0 Å². The highest BCUT2D eigenvalue weighted by Crippen LogP contribution is 2.24. The van der Waals surface area contributed by atoms with E-state index in [2.05, 4.69) is 10.3 Å². The van der Waals surface area contributed by atoms with Gasteiger partial charge in [-0.2, -0.15) is 0 Å². The summed E-state index contributed by atoms with van der Waals surface area (Å²) in [5.74, 6) is -1.51. The van der Waals surface area contributed by atoms with E-state index in [9.17, 15) is 14.7 Å². The lowest BCUT2D eigenvalue weighted by Gasteiger charge is -2.16. The van der Waals surface area contributed by atoms with Crippen LogP contribution in [0, 0.1) is 27.7 Å². The third-order valence-electron chi connectivity index (χ3n) is 4.39. The summed E-state index contributed by atoms with van der Waals surface area (Å²) in [6.07, 6.45) is 1.71. The van der Waals surface area contributed by atoms with Crippen molar-refractivity contribution < 1.29 is 14.7 Å². The summed E-state index contributed by atoms with van der Waals surface area (Å²) < 4.78 is 1.90. The van der Waals surface area contributed by atoms with E-state index in [1.54, 1.807) is 24.4 Å². The quantitative estimate of drug-likeness (QED) is 0.703. The molecule has 0 aliphatic heterocycles. The average Bonchev–Trinajstić information content (AvgIpc) is 3.19. The minimum absolute atomic E-state index is 0.419. The Morgan fingerprint density at radius 1 is 1.11 bits per heavy atom. The fourth-order valence-electron chi connectivity index (χ4n) is 3.29. The molecule has 140 valence electrons. The lowest BCUT2D eigenvalue weighted by Crippen LogP contribution is -2.34. The zero-order valence-corrected chi connectivity index (χ0v) is 16.4. The molecule has 0 fully saturated rings. The van der Waals surface area contributed by atoms with Gasteiger partial charge in [0.2, 0.25) is 0 Å². The SMILES string of the molecule is Cc1cc(C)cc(C(NC(=O)c2cc(C)n(-c3nccs3)c2C)C(=O)O)c1. The van der Waals surface area contributed by atoms with Gasteiger partial charge in [0.05, 0.1) is 5.56 Å². The number of thiazole rings is 1. The fourth-order valence-corrected chi connectivity index (χ4v) is 4.04. The number of aromatic nitrogens is 2. The van der Waals surface area contributed by atoms with Gasteiger partial charge in [0.1, 0.15) is 0 Å². The molecule has 1 unspecified atom stereocenters. The molecule has 2 aromatic heterocycles. The summed E-state index contributed by atoms with van der Waals surface area (Å²) in [5, 5.41) is 15.0. The Morgan fingerprint density at radius 2 is 1.78 bits per heavy atom. The van der Waals surface area contributed by atoms with E-state index in [-0.39, 0.29) is 0 Å². The number of nitrogens with zero attached hydrogens (tertiary/aromatic N) is 2. The molecule has 0 radical (unpaired) electrons. The molecule has 0 spiro atoms. The van der Waals surface area contributed by atoms with Crippen LogP contribution in [0.25, 0.3) is 5.13 Å². The highest BCUT2D eigenvalue weighted by Gasteiger charge is 2.25. The van der Waals surface area contributed by atoms with E-state index in [0.717, 1.165) is 27.6 Å². The van der Waals surface area contributed by atoms with Crippen molar-refractivity contribution in [1.82, 2.24) is 14.9 Å². The van der Waals surface area contributed by atoms with Gasteiger partial charge >= 0.3 is 5.97 Å². The second-order valence-corrected chi connectivity index (χ2v) is 7.47. The molecule has 1 amide bonds. The first-order valence-corrected chi connectivity index (χ1v) is 9.36. The highest BCUT2D eigenvalue weighted by atomic mass is 32.1. The maximum Gasteiger partial charge on any atom is 0.330 e. The number of rotatable bonds is 5. The zero-order chi connectivity index (χ0) is 19.7. The van der Waals surface area contributed by atoms with Gasteiger partial charge in [-0.25, -0.2) is 9.78 Å². The Kier molecular flexibility index (Phi) is 5.14. The predicted octanol–water partition coefficient (Wildman–Crippen LogP) is 3.72. The number of carboxylic acids is 1. The molecule has 6 nitrogen and oxygen atoms in total. The monoisotopic (exact) mass is 383 g/mol. The molecule has 7 heteroatoms. The summed E-state index contributed by atoms with van der Waals surface area (Å²) in [5.41, 5.74) is 4.50. The molecule has 2 N–H and O–H groups in total. The molecule has 27 heavy (non-hydrogen) atoms. The van der Waals surface area contributed by atoms with Crippen LogP contribution < -0.4 is 5.32 Å². The van der Waals surface area contributed by atoms with E-state index in [1.807, 2.05) is 43.7 Å². The zero-order valence-electron chi connectivity index (χ0n) is 15.6. The number of amides is 1. The second-order valence-electron chi connectivity index (χ2n) is 6.60. The van der Waals surface area contributed by atoms with Crippen LogP contribution in [-0.4, -0.2) is 26.5 Å². The maximum absolute atomic E-state index is 12.9. The summed E-state index contributed by atoms with van der Waals surface area (Å²) >= 11 is 1.47. The smallest absolute Gasteiger partial charge is 0.330 e. The van der Waals surface area contributed by atoms with Crippen molar-refractivity contribution in [2.24, 2.45) is 0 Å². The number of carbonyl (C=O) groups is 2. The molecule has 0 aliphatic rings. The number of carboxylic acid groups (broad SMARTS) is 1. The third kappa shape index (κ3) is 3.78. The van der Waals surface area contributed by atoms with Crippen molar-refractivity contribution in [3.05, 3.63) is 69.5 Å². The largest absolute Gasteiger partial charge is 0.479 e. The van der Waals surface area contributed by atoms with E-state index in [0.29, 0.717) is 11.1 Å². The summed E-state index contributed by atoms with van der Waals surface area (Å²) in [7, 11) is 0. The molecule has 0 saturated heterocycles. The molecule has 0 bridgehead atoms. The van der Waals surface area contributed by atoms with Gasteiger partial charge < -0.3 is 10.4 Å². The lowest BCUT2D eigenvalue weighted by molar-refractivity contribution is -0.139. The highest BCUT2D eigenvalue weighted by molar-refractivity contribution is 7.12. The maximum atomic E-state index is 12.9. The Morgan fingerprint density at radius 3 is 2.33 bits per heavy atom. The standard InChI is InChI=1S/C20H21N3O3S/c1-11-7-12(2)9-15(8-11)17(19(25)26)22-18(24)16-10-13(3)23(14(16)4)20-21-5-6-27-20/h5-10,17H,1-4H3,(H,22,24)(H,25,26). The van der Waals surface area contributed by atoms with Crippen LogP contribution in [0.5, 0.6) is 0 Å². The van der Waals surface area contributed by atoms with Gasteiger partial charge in [-0.15, -0.1) is 11.3 Å². The van der Waals surface area contributed by atoms with Crippen LogP contribution in [0.2, 0.25) is 0 Å². The van der Waals surface area contributed by atoms with Gasteiger partial charge in [-0.05, 0) is 39.3 Å².